The number of hydroxylamine groups is 1. The van der Waals surface area contributed by atoms with E-state index in [0.717, 1.165) is 23.5 Å². The Morgan fingerprint density at radius 3 is 2.65 bits per heavy atom. The Morgan fingerprint density at radius 1 is 1.31 bits per heavy atom. The molecule has 0 amide bonds. The van der Waals surface area contributed by atoms with Crippen molar-refractivity contribution in [2.24, 2.45) is 0 Å². The highest BCUT2D eigenvalue weighted by molar-refractivity contribution is 7.90. The second-order valence-corrected chi connectivity index (χ2v) is 7.82. The standard InChI is InChI=1S/C17H14F2N2O4S/c1-26(23,24)15-3-2-14(13-4-5-21(22)16(13)15)25-12-7-10(9-20)6-11(8-12)17(18)19/h2-3,6-8,17,22H,4-5H2,1H3. The molecule has 3 rings (SSSR count). The van der Waals surface area contributed by atoms with E-state index < -0.39 is 16.3 Å². The minimum absolute atomic E-state index is 0.0194. The smallest absolute Gasteiger partial charge is 0.264 e. The molecule has 9 heteroatoms. The normalized spacial score (nSPS) is 13.6. The average Bonchev–Trinajstić information content (AvgIpc) is 2.96. The van der Waals surface area contributed by atoms with E-state index in [1.165, 1.54) is 18.2 Å². The van der Waals surface area contributed by atoms with Crippen LogP contribution >= 0.6 is 0 Å². The van der Waals surface area contributed by atoms with E-state index in [-0.39, 0.29) is 39.8 Å². The fourth-order valence-corrected chi connectivity index (χ4v) is 3.74. The van der Waals surface area contributed by atoms with Crippen LogP contribution in [0.1, 0.15) is 23.1 Å². The quantitative estimate of drug-likeness (QED) is 0.874. The van der Waals surface area contributed by atoms with Crippen LogP contribution < -0.4 is 9.80 Å². The molecule has 6 nitrogen and oxygen atoms in total. The molecule has 2 aromatic carbocycles. The molecule has 136 valence electrons. The minimum atomic E-state index is -3.58. The molecule has 0 unspecified atom stereocenters. The third-order valence-corrected chi connectivity index (χ3v) is 5.10. The molecule has 0 fully saturated rings. The van der Waals surface area contributed by atoms with Crippen molar-refractivity contribution in [3.63, 3.8) is 0 Å². The van der Waals surface area contributed by atoms with Crippen molar-refractivity contribution in [2.45, 2.75) is 17.7 Å². The van der Waals surface area contributed by atoms with Crippen LogP contribution in [-0.2, 0) is 16.3 Å². The van der Waals surface area contributed by atoms with Gasteiger partial charge in [-0.3, -0.25) is 10.3 Å². The minimum Gasteiger partial charge on any atom is -0.457 e. The van der Waals surface area contributed by atoms with E-state index in [2.05, 4.69) is 0 Å². The molecule has 1 aliphatic rings. The Labute approximate surface area is 148 Å². The Kier molecular flexibility index (Phi) is 4.56. The first-order valence-electron chi connectivity index (χ1n) is 7.54. The van der Waals surface area contributed by atoms with Gasteiger partial charge in [-0.05, 0) is 36.8 Å². The molecule has 0 saturated heterocycles. The molecule has 0 atom stereocenters. The zero-order valence-electron chi connectivity index (χ0n) is 13.6. The average molecular weight is 380 g/mol. The topological polar surface area (TPSA) is 90.6 Å². The van der Waals surface area contributed by atoms with Crippen LogP contribution in [0.3, 0.4) is 0 Å². The Morgan fingerprint density at radius 2 is 2.04 bits per heavy atom. The maximum Gasteiger partial charge on any atom is 0.264 e. The summed E-state index contributed by atoms with van der Waals surface area (Å²) in [4.78, 5) is -0.0427. The monoisotopic (exact) mass is 380 g/mol. The number of hydrogen-bond donors (Lipinski definition) is 1. The van der Waals surface area contributed by atoms with Gasteiger partial charge in [-0.15, -0.1) is 0 Å². The lowest BCUT2D eigenvalue weighted by Gasteiger charge is -2.16. The number of benzene rings is 2. The Balaban J connectivity index is 2.08. The lowest BCUT2D eigenvalue weighted by molar-refractivity contribution is 0.151. The first-order chi connectivity index (χ1) is 12.2. The van der Waals surface area contributed by atoms with E-state index in [9.17, 15) is 22.4 Å². The van der Waals surface area contributed by atoms with Gasteiger partial charge in [-0.2, -0.15) is 5.26 Å². The van der Waals surface area contributed by atoms with Crippen molar-refractivity contribution < 1.29 is 27.1 Å². The van der Waals surface area contributed by atoms with Gasteiger partial charge in [-0.1, -0.05) is 0 Å². The third-order valence-electron chi connectivity index (χ3n) is 3.97. The van der Waals surface area contributed by atoms with E-state index in [0.29, 0.717) is 12.0 Å². The molecule has 0 radical (unpaired) electrons. The number of hydrogen-bond acceptors (Lipinski definition) is 6. The second kappa shape index (κ2) is 6.55. The first-order valence-corrected chi connectivity index (χ1v) is 9.43. The number of fused-ring (bicyclic) bond motifs is 1. The van der Waals surface area contributed by atoms with Crippen LogP contribution in [0.2, 0.25) is 0 Å². The fourth-order valence-electron chi connectivity index (χ4n) is 2.84. The number of halogens is 2. The molecule has 26 heavy (non-hydrogen) atoms. The molecule has 1 aliphatic heterocycles. The van der Waals surface area contributed by atoms with Crippen LogP contribution in [0, 0.1) is 11.3 Å². The third kappa shape index (κ3) is 3.34. The molecule has 1 heterocycles. The SMILES string of the molecule is CS(=O)(=O)c1ccc(Oc2cc(C#N)cc(C(F)F)c2)c2c1N(O)CC2. The number of anilines is 1. The second-order valence-electron chi connectivity index (χ2n) is 5.84. The summed E-state index contributed by atoms with van der Waals surface area (Å²) in [7, 11) is -3.58. The summed E-state index contributed by atoms with van der Waals surface area (Å²) in [5.74, 6) is 0.268. The van der Waals surface area contributed by atoms with E-state index in [1.807, 2.05) is 0 Å². The van der Waals surface area contributed by atoms with E-state index in [1.54, 1.807) is 6.07 Å². The van der Waals surface area contributed by atoms with Crippen LogP contribution in [-0.4, -0.2) is 26.4 Å². The highest BCUT2D eigenvalue weighted by Crippen LogP contribution is 2.41. The van der Waals surface area contributed by atoms with Crippen LogP contribution in [0.5, 0.6) is 11.5 Å². The highest BCUT2D eigenvalue weighted by Gasteiger charge is 2.29. The molecule has 0 aliphatic carbocycles. The van der Waals surface area contributed by atoms with Crippen molar-refractivity contribution in [1.29, 1.82) is 5.26 Å². The summed E-state index contributed by atoms with van der Waals surface area (Å²) in [6.45, 7) is 0.179. The summed E-state index contributed by atoms with van der Waals surface area (Å²) < 4.78 is 55.5. The maximum atomic E-state index is 13.0. The number of sulfone groups is 1. The number of nitriles is 1. The van der Waals surface area contributed by atoms with Crippen molar-refractivity contribution in [3.8, 4) is 17.6 Å². The number of alkyl halides is 2. The predicted molar refractivity (Wildman–Crippen MR) is 88.6 cm³/mol. The number of ether oxygens (including phenoxy) is 1. The molecular formula is C17H14F2N2O4S. The van der Waals surface area contributed by atoms with Gasteiger partial charge in [0.1, 0.15) is 11.5 Å². The van der Waals surface area contributed by atoms with Gasteiger partial charge in [0.05, 0.1) is 22.2 Å². The summed E-state index contributed by atoms with van der Waals surface area (Å²) in [6.07, 6.45) is -1.41. The molecule has 2 aromatic rings. The highest BCUT2D eigenvalue weighted by atomic mass is 32.2. The van der Waals surface area contributed by atoms with Crippen LogP contribution in [0.15, 0.2) is 35.2 Å². The molecule has 0 bridgehead atoms. The lowest BCUT2D eigenvalue weighted by Crippen LogP contribution is -2.16. The van der Waals surface area contributed by atoms with Gasteiger partial charge >= 0.3 is 0 Å². The number of nitrogens with zero attached hydrogens (tertiary/aromatic N) is 2. The van der Waals surface area contributed by atoms with Gasteiger partial charge < -0.3 is 4.74 Å². The van der Waals surface area contributed by atoms with Crippen molar-refractivity contribution in [3.05, 3.63) is 47.0 Å². The van der Waals surface area contributed by atoms with Gasteiger partial charge in [0, 0.05) is 23.9 Å². The predicted octanol–water partition coefficient (Wildman–Crippen LogP) is 3.44. The molecular weight excluding hydrogens is 366 g/mol. The largest absolute Gasteiger partial charge is 0.457 e. The van der Waals surface area contributed by atoms with Gasteiger partial charge in [-0.25, -0.2) is 17.2 Å². The summed E-state index contributed by atoms with van der Waals surface area (Å²) >= 11 is 0. The van der Waals surface area contributed by atoms with Gasteiger partial charge in [0.2, 0.25) is 0 Å². The zero-order chi connectivity index (χ0) is 19.1. The van der Waals surface area contributed by atoms with Crippen molar-refractivity contribution in [1.82, 2.24) is 0 Å². The zero-order valence-corrected chi connectivity index (χ0v) is 14.4. The van der Waals surface area contributed by atoms with Gasteiger partial charge in [0.15, 0.2) is 9.84 Å². The Hall–Kier alpha value is -2.70. The fraction of sp³-hybridized carbons (Fsp3) is 0.235. The Bertz CT molecular complexity index is 1020. The van der Waals surface area contributed by atoms with E-state index >= 15 is 0 Å². The molecule has 0 saturated carbocycles. The first kappa shape index (κ1) is 18.1. The van der Waals surface area contributed by atoms with Gasteiger partial charge in [0.25, 0.3) is 6.43 Å². The number of rotatable bonds is 4. The van der Waals surface area contributed by atoms with E-state index in [4.69, 9.17) is 10.00 Å². The summed E-state index contributed by atoms with van der Waals surface area (Å²) in [5.41, 5.74) is 0.241. The summed E-state index contributed by atoms with van der Waals surface area (Å²) in [5, 5.41) is 19.8. The van der Waals surface area contributed by atoms with Crippen LogP contribution in [0.25, 0.3) is 0 Å². The van der Waals surface area contributed by atoms with Crippen LogP contribution in [0.4, 0.5) is 14.5 Å². The van der Waals surface area contributed by atoms with Crippen molar-refractivity contribution in [2.75, 3.05) is 17.9 Å². The molecule has 0 aromatic heterocycles. The molecule has 0 spiro atoms. The molecule has 1 N–H and O–H groups in total. The summed E-state index contributed by atoms with van der Waals surface area (Å²) in [6, 6.07) is 8.01. The lowest BCUT2D eigenvalue weighted by atomic mass is 10.1. The maximum absolute atomic E-state index is 13.0. The van der Waals surface area contributed by atoms with Crippen molar-refractivity contribution >= 4 is 15.5 Å².